The average Bonchev–Trinajstić information content (AvgIpc) is 3.66. The van der Waals surface area contributed by atoms with E-state index in [2.05, 4.69) is 191 Å². The summed E-state index contributed by atoms with van der Waals surface area (Å²) in [5, 5.41) is 3.78. The van der Waals surface area contributed by atoms with Crippen molar-refractivity contribution in [2.75, 3.05) is 0 Å². The Bertz CT molecular complexity index is 2430. The van der Waals surface area contributed by atoms with Crippen LogP contribution in [0.25, 0.3) is 77.6 Å². The van der Waals surface area contributed by atoms with Crippen LogP contribution in [0.5, 0.6) is 0 Å². The highest BCUT2D eigenvalue weighted by Crippen LogP contribution is 2.43. The van der Waals surface area contributed by atoms with E-state index in [4.69, 9.17) is 0 Å². The van der Waals surface area contributed by atoms with Crippen LogP contribution >= 0.6 is 0 Å². The molecule has 0 radical (unpaired) electrons. The van der Waals surface area contributed by atoms with Crippen LogP contribution in [-0.2, 0) is 0 Å². The van der Waals surface area contributed by atoms with Gasteiger partial charge in [-0.15, -0.1) is 0 Å². The van der Waals surface area contributed by atoms with Crippen LogP contribution in [0.2, 0.25) is 0 Å². The van der Waals surface area contributed by atoms with Gasteiger partial charge >= 0.3 is 0 Å². The Kier molecular flexibility index (Phi) is 6.17. The topological polar surface area (TPSA) is 9.86 Å². The van der Waals surface area contributed by atoms with E-state index < -0.39 is 0 Å². The molecule has 0 amide bonds. The van der Waals surface area contributed by atoms with Gasteiger partial charge in [0.05, 0.1) is 22.2 Å². The molecule has 9 rings (SSSR count). The molecule has 9 aromatic rings. The van der Waals surface area contributed by atoms with Gasteiger partial charge in [0.2, 0.25) is 0 Å². The lowest BCUT2D eigenvalue weighted by molar-refractivity contribution is 1.12. The first-order valence-corrected chi connectivity index (χ1v) is 15.8. The monoisotopic (exact) mass is 586 g/mol. The van der Waals surface area contributed by atoms with Crippen molar-refractivity contribution < 1.29 is 0 Å². The number of benzene rings is 7. The third-order valence-electron chi connectivity index (χ3n) is 9.15. The Morgan fingerprint density at radius 2 is 0.652 bits per heavy atom. The Balaban J connectivity index is 1.26. The summed E-state index contributed by atoms with van der Waals surface area (Å²) in [6.45, 7) is 0. The highest BCUT2D eigenvalue weighted by Gasteiger charge is 2.21. The summed E-state index contributed by atoms with van der Waals surface area (Å²) in [7, 11) is 0. The standard InChI is InChI=1S/C44H30N2/c1-3-13-31(14-4-1)32-23-25-34(26-24-32)44-43(33-15-5-2-6-16-33)39-19-9-12-22-42(39)46(44)36-29-27-35(28-30-36)45-40-20-10-7-17-37(40)38-18-8-11-21-41(38)45/h1-30H. The molecule has 0 aliphatic carbocycles. The molecule has 0 N–H and O–H groups in total. The molecule has 7 aromatic carbocycles. The molecule has 216 valence electrons. The summed E-state index contributed by atoms with van der Waals surface area (Å²) < 4.78 is 4.81. The van der Waals surface area contributed by atoms with Gasteiger partial charge in [0.1, 0.15) is 0 Å². The van der Waals surface area contributed by atoms with Gasteiger partial charge in [-0.25, -0.2) is 0 Å². The van der Waals surface area contributed by atoms with Gasteiger partial charge < -0.3 is 9.13 Å². The molecule has 0 saturated carbocycles. The van der Waals surface area contributed by atoms with Gasteiger partial charge in [-0.1, -0.05) is 140 Å². The van der Waals surface area contributed by atoms with E-state index in [1.165, 1.54) is 66.2 Å². The van der Waals surface area contributed by atoms with Crippen molar-refractivity contribution in [1.82, 2.24) is 9.13 Å². The highest BCUT2D eigenvalue weighted by atomic mass is 15.0. The molecule has 0 saturated heterocycles. The molecule has 2 heterocycles. The molecule has 0 aliphatic rings. The molecule has 2 nitrogen and oxygen atoms in total. The van der Waals surface area contributed by atoms with Crippen LogP contribution in [0.4, 0.5) is 0 Å². The number of nitrogens with zero attached hydrogens (tertiary/aromatic N) is 2. The predicted octanol–water partition coefficient (Wildman–Crippen LogP) is 11.7. The normalized spacial score (nSPS) is 11.5. The van der Waals surface area contributed by atoms with Crippen LogP contribution in [0.15, 0.2) is 182 Å². The van der Waals surface area contributed by atoms with Crippen molar-refractivity contribution in [1.29, 1.82) is 0 Å². The number of hydrogen-bond acceptors (Lipinski definition) is 0. The molecule has 0 bridgehead atoms. The predicted molar refractivity (Wildman–Crippen MR) is 194 cm³/mol. The first-order chi connectivity index (χ1) is 22.8. The first kappa shape index (κ1) is 26.3. The molecular weight excluding hydrogens is 556 g/mol. The van der Waals surface area contributed by atoms with E-state index in [-0.39, 0.29) is 0 Å². The van der Waals surface area contributed by atoms with E-state index >= 15 is 0 Å². The zero-order valence-electron chi connectivity index (χ0n) is 25.2. The summed E-state index contributed by atoms with van der Waals surface area (Å²) >= 11 is 0. The second-order valence-corrected chi connectivity index (χ2v) is 11.8. The SMILES string of the molecule is c1ccc(-c2ccc(-c3c(-c4ccccc4)c4ccccc4n3-c3ccc(-n4c5ccccc5c5ccccc54)cc3)cc2)cc1. The summed E-state index contributed by atoms with van der Waals surface area (Å²) in [5.74, 6) is 0. The van der Waals surface area contributed by atoms with Crippen molar-refractivity contribution in [3.63, 3.8) is 0 Å². The number of para-hydroxylation sites is 3. The maximum Gasteiger partial charge on any atom is 0.0619 e. The van der Waals surface area contributed by atoms with E-state index in [0.717, 1.165) is 11.4 Å². The maximum absolute atomic E-state index is 2.44. The van der Waals surface area contributed by atoms with Gasteiger partial charge in [0, 0.05) is 33.1 Å². The van der Waals surface area contributed by atoms with E-state index in [1.54, 1.807) is 0 Å². The average molecular weight is 587 g/mol. The van der Waals surface area contributed by atoms with Crippen molar-refractivity contribution >= 4 is 32.7 Å². The zero-order chi connectivity index (χ0) is 30.5. The van der Waals surface area contributed by atoms with Gasteiger partial charge in [-0.05, 0) is 64.7 Å². The van der Waals surface area contributed by atoms with Gasteiger partial charge in [-0.2, -0.15) is 0 Å². The van der Waals surface area contributed by atoms with E-state index in [0.29, 0.717) is 0 Å². The van der Waals surface area contributed by atoms with Crippen molar-refractivity contribution in [3.8, 4) is 44.9 Å². The Morgan fingerprint density at radius 3 is 1.22 bits per heavy atom. The molecule has 0 spiro atoms. The molecular formula is C44H30N2. The highest BCUT2D eigenvalue weighted by molar-refractivity contribution is 6.09. The molecule has 0 aliphatic heterocycles. The quantitative estimate of drug-likeness (QED) is 0.190. The lowest BCUT2D eigenvalue weighted by atomic mass is 9.97. The third-order valence-corrected chi connectivity index (χ3v) is 9.15. The Morgan fingerprint density at radius 1 is 0.261 bits per heavy atom. The Labute approximate surface area is 268 Å². The van der Waals surface area contributed by atoms with Crippen molar-refractivity contribution in [2.24, 2.45) is 0 Å². The minimum Gasteiger partial charge on any atom is -0.309 e. The minimum absolute atomic E-state index is 1.13. The first-order valence-electron chi connectivity index (χ1n) is 15.8. The molecule has 46 heavy (non-hydrogen) atoms. The summed E-state index contributed by atoms with van der Waals surface area (Å²) in [6, 6.07) is 65.6. The van der Waals surface area contributed by atoms with Crippen molar-refractivity contribution in [3.05, 3.63) is 182 Å². The third kappa shape index (κ3) is 4.19. The molecule has 2 aromatic heterocycles. The lowest BCUT2D eigenvalue weighted by Crippen LogP contribution is -1.99. The van der Waals surface area contributed by atoms with Crippen LogP contribution in [0.1, 0.15) is 0 Å². The largest absolute Gasteiger partial charge is 0.309 e. The zero-order valence-corrected chi connectivity index (χ0v) is 25.2. The van der Waals surface area contributed by atoms with E-state index in [9.17, 15) is 0 Å². The number of rotatable bonds is 5. The number of hydrogen-bond donors (Lipinski definition) is 0. The Hall–Kier alpha value is -6.12. The second kappa shape index (κ2) is 10.8. The van der Waals surface area contributed by atoms with Crippen LogP contribution in [-0.4, -0.2) is 9.13 Å². The second-order valence-electron chi connectivity index (χ2n) is 11.8. The molecule has 0 unspecified atom stereocenters. The molecule has 0 fully saturated rings. The molecule has 0 atom stereocenters. The van der Waals surface area contributed by atoms with Crippen LogP contribution in [0.3, 0.4) is 0 Å². The van der Waals surface area contributed by atoms with Crippen LogP contribution < -0.4 is 0 Å². The number of aromatic nitrogens is 2. The van der Waals surface area contributed by atoms with Gasteiger partial charge in [-0.3, -0.25) is 0 Å². The summed E-state index contributed by atoms with van der Waals surface area (Å²) in [6.07, 6.45) is 0. The minimum atomic E-state index is 1.13. The smallest absolute Gasteiger partial charge is 0.0619 e. The maximum atomic E-state index is 2.44. The summed E-state index contributed by atoms with van der Waals surface area (Å²) in [4.78, 5) is 0. The van der Waals surface area contributed by atoms with E-state index in [1.807, 2.05) is 0 Å². The van der Waals surface area contributed by atoms with Crippen LogP contribution in [0, 0.1) is 0 Å². The van der Waals surface area contributed by atoms with Crippen molar-refractivity contribution in [2.45, 2.75) is 0 Å². The lowest BCUT2D eigenvalue weighted by Gasteiger charge is -2.15. The van der Waals surface area contributed by atoms with Gasteiger partial charge in [0.15, 0.2) is 0 Å². The number of fused-ring (bicyclic) bond motifs is 4. The summed E-state index contributed by atoms with van der Waals surface area (Å²) in [5.41, 5.74) is 13.2. The fourth-order valence-electron chi connectivity index (χ4n) is 7.08. The molecule has 2 heteroatoms. The fraction of sp³-hybridized carbons (Fsp3) is 0. The van der Waals surface area contributed by atoms with Gasteiger partial charge in [0.25, 0.3) is 0 Å². The fourth-order valence-corrected chi connectivity index (χ4v) is 7.08.